The van der Waals surface area contributed by atoms with Crippen LogP contribution in [-0.2, 0) is 4.74 Å². The fourth-order valence-electron chi connectivity index (χ4n) is 3.14. The van der Waals surface area contributed by atoms with Crippen molar-refractivity contribution in [3.05, 3.63) is 23.1 Å². The van der Waals surface area contributed by atoms with E-state index < -0.39 is 0 Å². The monoisotopic (exact) mass is 250 g/mol. The summed E-state index contributed by atoms with van der Waals surface area (Å²) in [6.07, 6.45) is 10.0. The number of ether oxygens (including phenoxy) is 1. The number of allylic oxidation sites excluding steroid dienone is 3. The van der Waals surface area contributed by atoms with E-state index in [0.717, 1.165) is 34.4 Å². The smallest absolute Gasteiger partial charge is 0.114 e. The van der Waals surface area contributed by atoms with Gasteiger partial charge in [0.25, 0.3) is 0 Å². The molecule has 0 N–H and O–H groups in total. The largest absolute Gasteiger partial charge is 0.491 e. The molecule has 3 atom stereocenters. The van der Waals surface area contributed by atoms with Crippen molar-refractivity contribution >= 4 is 10.2 Å². The Morgan fingerprint density at radius 3 is 2.71 bits per heavy atom. The van der Waals surface area contributed by atoms with Gasteiger partial charge in [0.15, 0.2) is 0 Å². The highest BCUT2D eigenvalue weighted by Gasteiger charge is 2.32. The SMILES string of the molecule is CC1CCC(C(C)C)C(OC2=C([SiH3])CC=C2)C1. The van der Waals surface area contributed by atoms with Gasteiger partial charge in [-0.25, -0.2) is 0 Å². The molecule has 0 spiro atoms. The van der Waals surface area contributed by atoms with E-state index in [1.807, 2.05) is 0 Å². The minimum absolute atomic E-state index is 0.459. The molecule has 2 aliphatic carbocycles. The van der Waals surface area contributed by atoms with Crippen LogP contribution in [0.3, 0.4) is 0 Å². The maximum atomic E-state index is 6.34. The van der Waals surface area contributed by atoms with Crippen LogP contribution in [0.4, 0.5) is 0 Å². The topological polar surface area (TPSA) is 9.23 Å². The van der Waals surface area contributed by atoms with Crippen LogP contribution in [-0.4, -0.2) is 16.3 Å². The van der Waals surface area contributed by atoms with Crippen molar-refractivity contribution < 1.29 is 4.74 Å². The van der Waals surface area contributed by atoms with E-state index in [-0.39, 0.29) is 0 Å². The van der Waals surface area contributed by atoms with Crippen molar-refractivity contribution in [1.82, 2.24) is 0 Å². The average molecular weight is 250 g/mol. The van der Waals surface area contributed by atoms with E-state index in [4.69, 9.17) is 4.74 Å². The lowest BCUT2D eigenvalue weighted by Crippen LogP contribution is -2.34. The van der Waals surface area contributed by atoms with Crippen LogP contribution in [0, 0.1) is 17.8 Å². The van der Waals surface area contributed by atoms with E-state index >= 15 is 0 Å². The number of hydrogen-bond donors (Lipinski definition) is 0. The quantitative estimate of drug-likeness (QED) is 0.700. The lowest BCUT2D eigenvalue weighted by Gasteiger charge is -2.37. The fraction of sp³-hybridized carbons (Fsp3) is 0.733. The molecule has 0 bridgehead atoms. The molecule has 2 heteroatoms. The van der Waals surface area contributed by atoms with Gasteiger partial charge in [0.1, 0.15) is 11.9 Å². The molecule has 1 nitrogen and oxygen atoms in total. The predicted molar refractivity (Wildman–Crippen MR) is 76.9 cm³/mol. The van der Waals surface area contributed by atoms with Crippen molar-refractivity contribution in [3.8, 4) is 0 Å². The van der Waals surface area contributed by atoms with Gasteiger partial charge >= 0.3 is 0 Å². The zero-order chi connectivity index (χ0) is 12.4. The van der Waals surface area contributed by atoms with Gasteiger partial charge < -0.3 is 4.74 Å². The average Bonchev–Trinajstić information content (AvgIpc) is 2.64. The van der Waals surface area contributed by atoms with Gasteiger partial charge in [0.05, 0.1) is 0 Å². The molecule has 2 rings (SSSR count). The van der Waals surface area contributed by atoms with Crippen LogP contribution in [0.15, 0.2) is 23.1 Å². The van der Waals surface area contributed by atoms with Gasteiger partial charge in [-0.15, -0.1) is 0 Å². The second-order valence-corrected chi connectivity index (χ2v) is 7.44. The van der Waals surface area contributed by atoms with Crippen LogP contribution >= 0.6 is 0 Å². The first-order chi connectivity index (χ1) is 8.08. The summed E-state index contributed by atoms with van der Waals surface area (Å²) in [6.45, 7) is 7.06. The standard InChI is InChI=1S/C15H26OSi/c1-10(2)12-8-7-11(3)9-14(12)16-13-5-4-6-15(13)17/h4-5,10-12,14H,6-9H2,1-3,17H3. The van der Waals surface area contributed by atoms with Gasteiger partial charge in [0.2, 0.25) is 0 Å². The summed E-state index contributed by atoms with van der Waals surface area (Å²) in [7, 11) is 1.14. The van der Waals surface area contributed by atoms with E-state index in [2.05, 4.69) is 32.9 Å². The van der Waals surface area contributed by atoms with Crippen molar-refractivity contribution in [3.63, 3.8) is 0 Å². The van der Waals surface area contributed by atoms with Crippen LogP contribution in [0.5, 0.6) is 0 Å². The second kappa shape index (κ2) is 5.43. The summed E-state index contributed by atoms with van der Waals surface area (Å²) in [6, 6.07) is 0. The fourth-order valence-corrected chi connectivity index (χ4v) is 3.66. The van der Waals surface area contributed by atoms with Crippen LogP contribution < -0.4 is 0 Å². The first-order valence-corrected chi connectivity index (χ1v) is 8.11. The number of rotatable bonds is 3. The van der Waals surface area contributed by atoms with Crippen LogP contribution in [0.25, 0.3) is 0 Å². The third-order valence-electron chi connectivity index (χ3n) is 4.35. The Bertz CT molecular complexity index is 330. The molecule has 0 aromatic rings. The summed E-state index contributed by atoms with van der Waals surface area (Å²) in [5, 5.41) is 1.53. The normalized spacial score (nSPS) is 33.8. The molecule has 1 saturated carbocycles. The molecular weight excluding hydrogens is 224 g/mol. The number of hydrogen-bond acceptors (Lipinski definition) is 1. The van der Waals surface area contributed by atoms with Gasteiger partial charge in [-0.1, -0.05) is 33.3 Å². The highest BCUT2D eigenvalue weighted by molar-refractivity contribution is 6.22. The lowest BCUT2D eigenvalue weighted by molar-refractivity contribution is 0.00331. The minimum atomic E-state index is 0.459. The summed E-state index contributed by atoms with van der Waals surface area (Å²) in [5.74, 6) is 3.54. The van der Waals surface area contributed by atoms with Crippen molar-refractivity contribution in [2.75, 3.05) is 0 Å². The maximum absolute atomic E-state index is 6.34. The van der Waals surface area contributed by atoms with Gasteiger partial charge in [-0.3, -0.25) is 0 Å². The molecule has 0 saturated heterocycles. The molecule has 0 aromatic carbocycles. The molecule has 0 amide bonds. The molecule has 0 aliphatic heterocycles. The molecule has 0 heterocycles. The highest BCUT2D eigenvalue weighted by Crippen LogP contribution is 2.37. The van der Waals surface area contributed by atoms with E-state index in [1.54, 1.807) is 0 Å². The third-order valence-corrected chi connectivity index (χ3v) is 5.25. The Labute approximate surface area is 109 Å². The van der Waals surface area contributed by atoms with Crippen molar-refractivity contribution in [2.45, 2.75) is 52.6 Å². The molecule has 1 fully saturated rings. The Balaban J connectivity index is 2.05. The van der Waals surface area contributed by atoms with Crippen LogP contribution in [0.2, 0.25) is 0 Å². The van der Waals surface area contributed by atoms with E-state index in [1.165, 1.54) is 30.2 Å². The van der Waals surface area contributed by atoms with E-state index in [9.17, 15) is 0 Å². The molecule has 17 heavy (non-hydrogen) atoms. The first kappa shape index (κ1) is 12.9. The van der Waals surface area contributed by atoms with Gasteiger partial charge in [0, 0.05) is 10.2 Å². The molecular formula is C15H26OSi. The Morgan fingerprint density at radius 2 is 2.12 bits per heavy atom. The zero-order valence-corrected chi connectivity index (χ0v) is 13.7. The van der Waals surface area contributed by atoms with Gasteiger partial charge in [-0.05, 0) is 48.3 Å². The van der Waals surface area contributed by atoms with Crippen molar-refractivity contribution in [1.29, 1.82) is 0 Å². The van der Waals surface area contributed by atoms with E-state index in [0.29, 0.717) is 6.10 Å². The zero-order valence-electron chi connectivity index (χ0n) is 11.7. The third kappa shape index (κ3) is 3.04. The lowest BCUT2D eigenvalue weighted by atomic mass is 9.75. The Hall–Kier alpha value is -0.503. The highest BCUT2D eigenvalue weighted by atomic mass is 28.1. The molecule has 0 aromatic heterocycles. The molecule has 2 aliphatic rings. The summed E-state index contributed by atoms with van der Waals surface area (Å²) < 4.78 is 6.34. The summed E-state index contributed by atoms with van der Waals surface area (Å²) >= 11 is 0. The minimum Gasteiger partial charge on any atom is -0.491 e. The molecule has 3 unspecified atom stereocenters. The maximum Gasteiger partial charge on any atom is 0.114 e. The second-order valence-electron chi connectivity index (χ2n) is 6.23. The van der Waals surface area contributed by atoms with Crippen molar-refractivity contribution in [2.24, 2.45) is 17.8 Å². The molecule has 0 radical (unpaired) electrons. The van der Waals surface area contributed by atoms with Crippen LogP contribution in [0.1, 0.15) is 46.5 Å². The van der Waals surface area contributed by atoms with Gasteiger partial charge in [-0.2, -0.15) is 0 Å². The first-order valence-electron chi connectivity index (χ1n) is 7.11. The summed E-state index contributed by atoms with van der Waals surface area (Å²) in [4.78, 5) is 0. The summed E-state index contributed by atoms with van der Waals surface area (Å²) in [5.41, 5.74) is 0. The molecule has 96 valence electrons. The Kier molecular flexibility index (Phi) is 4.13. The Morgan fingerprint density at radius 1 is 1.35 bits per heavy atom. The predicted octanol–water partition coefficient (Wildman–Crippen LogP) is 3.00.